The molecule has 5 heteroatoms. The molecule has 1 aromatic rings. The highest BCUT2D eigenvalue weighted by atomic mass is 32.1. The van der Waals surface area contributed by atoms with Crippen LogP contribution in [0.15, 0.2) is 0 Å². The van der Waals surface area contributed by atoms with E-state index in [9.17, 15) is 9.59 Å². The molecule has 0 bridgehead atoms. The van der Waals surface area contributed by atoms with Crippen molar-refractivity contribution in [2.75, 3.05) is 11.9 Å². The van der Waals surface area contributed by atoms with Gasteiger partial charge in [-0.05, 0) is 38.2 Å². The van der Waals surface area contributed by atoms with E-state index in [1.54, 1.807) is 6.92 Å². The fraction of sp³-hybridized carbons (Fsp3) is 0.625. The van der Waals surface area contributed by atoms with Crippen LogP contribution in [-0.2, 0) is 22.4 Å². The SMILES string of the molecule is CCOC(=O)c1c(NC(=O)C(C)(C)C)sc2c1CCCC2. The number of fused-ring (bicyclic) bond motifs is 1. The van der Waals surface area contributed by atoms with Gasteiger partial charge in [-0.2, -0.15) is 0 Å². The number of hydrogen-bond acceptors (Lipinski definition) is 4. The van der Waals surface area contributed by atoms with Crippen LogP contribution < -0.4 is 5.32 Å². The Kier molecular flexibility index (Phi) is 4.71. The van der Waals surface area contributed by atoms with Crippen LogP contribution in [0.1, 0.15) is 61.3 Å². The topological polar surface area (TPSA) is 55.4 Å². The highest BCUT2D eigenvalue weighted by Crippen LogP contribution is 2.39. The molecule has 1 heterocycles. The summed E-state index contributed by atoms with van der Waals surface area (Å²) in [6.45, 7) is 7.72. The standard InChI is InChI=1S/C16H23NO3S/c1-5-20-14(18)12-10-8-6-7-9-11(10)21-13(12)17-15(19)16(2,3)4/h5-9H2,1-4H3,(H,17,19). The first-order valence-corrected chi connectivity index (χ1v) is 8.29. The lowest BCUT2D eigenvalue weighted by Crippen LogP contribution is -2.28. The minimum Gasteiger partial charge on any atom is -0.462 e. The summed E-state index contributed by atoms with van der Waals surface area (Å²) in [5.74, 6) is -0.396. The van der Waals surface area contributed by atoms with Crippen LogP contribution in [0.5, 0.6) is 0 Å². The number of aryl methyl sites for hydroxylation is 1. The summed E-state index contributed by atoms with van der Waals surface area (Å²) in [6.07, 6.45) is 4.11. The maximum absolute atomic E-state index is 12.3. The molecule has 1 aliphatic rings. The molecular weight excluding hydrogens is 286 g/mol. The number of rotatable bonds is 3. The van der Waals surface area contributed by atoms with Gasteiger partial charge in [-0.25, -0.2) is 4.79 Å². The van der Waals surface area contributed by atoms with Gasteiger partial charge in [-0.1, -0.05) is 20.8 Å². The molecule has 116 valence electrons. The lowest BCUT2D eigenvalue weighted by atomic mass is 9.94. The first-order valence-electron chi connectivity index (χ1n) is 7.47. The zero-order valence-electron chi connectivity index (χ0n) is 13.2. The number of ether oxygens (including phenoxy) is 1. The molecule has 1 amide bonds. The van der Waals surface area contributed by atoms with Gasteiger partial charge in [-0.3, -0.25) is 4.79 Å². The molecule has 1 aliphatic carbocycles. The van der Waals surface area contributed by atoms with Crippen molar-refractivity contribution < 1.29 is 14.3 Å². The summed E-state index contributed by atoms with van der Waals surface area (Å²) in [6, 6.07) is 0. The number of carbonyl (C=O) groups is 2. The molecular formula is C16H23NO3S. The van der Waals surface area contributed by atoms with E-state index in [2.05, 4.69) is 5.32 Å². The van der Waals surface area contributed by atoms with Crippen molar-refractivity contribution in [1.82, 2.24) is 0 Å². The van der Waals surface area contributed by atoms with Gasteiger partial charge in [0, 0.05) is 10.3 Å². The fourth-order valence-electron chi connectivity index (χ4n) is 2.36. The number of hydrogen-bond donors (Lipinski definition) is 1. The molecule has 0 atom stereocenters. The third-order valence-electron chi connectivity index (χ3n) is 3.56. The smallest absolute Gasteiger partial charge is 0.341 e. The van der Waals surface area contributed by atoms with E-state index in [-0.39, 0.29) is 11.9 Å². The van der Waals surface area contributed by atoms with Gasteiger partial charge in [0.2, 0.25) is 5.91 Å². The van der Waals surface area contributed by atoms with E-state index in [1.807, 2.05) is 20.8 Å². The Morgan fingerprint density at radius 3 is 2.52 bits per heavy atom. The van der Waals surface area contributed by atoms with Gasteiger partial charge in [0.1, 0.15) is 5.00 Å². The van der Waals surface area contributed by atoms with Crippen molar-refractivity contribution in [1.29, 1.82) is 0 Å². The van der Waals surface area contributed by atoms with Crippen molar-refractivity contribution in [3.8, 4) is 0 Å². The van der Waals surface area contributed by atoms with Crippen molar-refractivity contribution >= 4 is 28.2 Å². The number of thiophene rings is 1. The average molecular weight is 309 g/mol. The molecule has 0 aliphatic heterocycles. The van der Waals surface area contributed by atoms with Gasteiger partial charge in [0.15, 0.2) is 0 Å². The molecule has 0 spiro atoms. The van der Waals surface area contributed by atoms with Gasteiger partial charge in [-0.15, -0.1) is 11.3 Å². The quantitative estimate of drug-likeness (QED) is 0.864. The van der Waals surface area contributed by atoms with Crippen LogP contribution in [-0.4, -0.2) is 18.5 Å². The van der Waals surface area contributed by atoms with E-state index in [4.69, 9.17) is 4.74 Å². The molecule has 21 heavy (non-hydrogen) atoms. The summed E-state index contributed by atoms with van der Waals surface area (Å²) < 4.78 is 5.18. The Morgan fingerprint density at radius 1 is 1.24 bits per heavy atom. The van der Waals surface area contributed by atoms with Crippen molar-refractivity contribution in [3.63, 3.8) is 0 Å². The Hall–Kier alpha value is -1.36. The number of esters is 1. The van der Waals surface area contributed by atoms with Gasteiger partial charge in [0.25, 0.3) is 0 Å². The molecule has 4 nitrogen and oxygen atoms in total. The zero-order valence-corrected chi connectivity index (χ0v) is 14.0. The monoisotopic (exact) mass is 309 g/mol. The van der Waals surface area contributed by atoms with Crippen LogP contribution in [0.25, 0.3) is 0 Å². The molecule has 0 fully saturated rings. The highest BCUT2D eigenvalue weighted by molar-refractivity contribution is 7.17. The molecule has 0 saturated carbocycles. The first-order chi connectivity index (χ1) is 9.84. The molecule has 0 unspecified atom stereocenters. The number of anilines is 1. The predicted octanol–water partition coefficient (Wildman–Crippen LogP) is 3.79. The lowest BCUT2D eigenvalue weighted by Gasteiger charge is -2.17. The largest absolute Gasteiger partial charge is 0.462 e. The third-order valence-corrected chi connectivity index (χ3v) is 4.77. The second-order valence-corrected chi connectivity index (χ2v) is 7.44. The van der Waals surface area contributed by atoms with Gasteiger partial charge >= 0.3 is 5.97 Å². The van der Waals surface area contributed by atoms with E-state index in [0.29, 0.717) is 17.2 Å². The predicted molar refractivity (Wildman–Crippen MR) is 85.0 cm³/mol. The van der Waals surface area contributed by atoms with Crippen molar-refractivity contribution in [3.05, 3.63) is 16.0 Å². The Bertz CT molecular complexity index is 555. The normalized spacial score (nSPS) is 14.5. The zero-order chi connectivity index (χ0) is 15.6. The molecule has 0 radical (unpaired) electrons. The van der Waals surface area contributed by atoms with Crippen LogP contribution in [0.2, 0.25) is 0 Å². The molecule has 0 saturated heterocycles. The second-order valence-electron chi connectivity index (χ2n) is 6.34. The molecule has 1 aromatic heterocycles. The summed E-state index contributed by atoms with van der Waals surface area (Å²) in [5, 5.41) is 3.58. The van der Waals surface area contributed by atoms with E-state index in [0.717, 1.165) is 31.2 Å². The minimum atomic E-state index is -0.490. The number of nitrogens with one attached hydrogen (secondary N) is 1. The third kappa shape index (κ3) is 3.46. The first kappa shape index (κ1) is 16.0. The van der Waals surface area contributed by atoms with Crippen LogP contribution >= 0.6 is 11.3 Å². The van der Waals surface area contributed by atoms with Crippen molar-refractivity contribution in [2.45, 2.75) is 53.4 Å². The molecule has 2 rings (SSSR count). The highest BCUT2D eigenvalue weighted by Gasteiger charge is 2.29. The van der Waals surface area contributed by atoms with Gasteiger partial charge < -0.3 is 10.1 Å². The number of carbonyl (C=O) groups excluding carboxylic acids is 2. The van der Waals surface area contributed by atoms with Gasteiger partial charge in [0.05, 0.1) is 12.2 Å². The van der Waals surface area contributed by atoms with E-state index >= 15 is 0 Å². The molecule has 1 N–H and O–H groups in total. The Balaban J connectivity index is 2.38. The van der Waals surface area contributed by atoms with Crippen molar-refractivity contribution in [2.24, 2.45) is 5.41 Å². The maximum Gasteiger partial charge on any atom is 0.341 e. The van der Waals surface area contributed by atoms with Crippen LogP contribution in [0.4, 0.5) is 5.00 Å². The summed E-state index contributed by atoms with van der Waals surface area (Å²) in [5.41, 5.74) is 1.17. The minimum absolute atomic E-state index is 0.0772. The second kappa shape index (κ2) is 6.18. The summed E-state index contributed by atoms with van der Waals surface area (Å²) in [7, 11) is 0. The summed E-state index contributed by atoms with van der Waals surface area (Å²) >= 11 is 1.53. The molecule has 0 aromatic carbocycles. The van der Waals surface area contributed by atoms with Crippen LogP contribution in [0.3, 0.4) is 0 Å². The summed E-state index contributed by atoms with van der Waals surface area (Å²) in [4.78, 5) is 25.7. The lowest BCUT2D eigenvalue weighted by molar-refractivity contribution is -0.123. The Morgan fingerprint density at radius 2 is 1.90 bits per heavy atom. The average Bonchev–Trinajstić information content (AvgIpc) is 2.75. The van der Waals surface area contributed by atoms with Crippen LogP contribution in [0, 0.1) is 5.41 Å². The number of amides is 1. The van der Waals surface area contributed by atoms with E-state index in [1.165, 1.54) is 16.2 Å². The van der Waals surface area contributed by atoms with E-state index < -0.39 is 5.41 Å². The Labute approximate surface area is 129 Å². The maximum atomic E-state index is 12.3. The fourth-order valence-corrected chi connectivity index (χ4v) is 3.64.